The number of amides is 3. The van der Waals surface area contributed by atoms with E-state index in [0.717, 1.165) is 4.90 Å². The van der Waals surface area contributed by atoms with Gasteiger partial charge < -0.3 is 10.4 Å². The fraction of sp³-hybridized carbons (Fsp3) is 0.333. The van der Waals surface area contributed by atoms with E-state index in [9.17, 15) is 19.5 Å². The lowest BCUT2D eigenvalue weighted by molar-refractivity contribution is -0.147. The van der Waals surface area contributed by atoms with E-state index in [-0.39, 0.29) is 30.1 Å². The summed E-state index contributed by atoms with van der Waals surface area (Å²) in [5.74, 6) is -1.33. The number of piperidine rings is 1. The second kappa shape index (κ2) is 5.05. The van der Waals surface area contributed by atoms with Crippen molar-refractivity contribution in [1.82, 2.24) is 15.2 Å². The molecular formula is C12H13N3O4. The van der Waals surface area contributed by atoms with Gasteiger partial charge in [0.2, 0.25) is 5.91 Å². The van der Waals surface area contributed by atoms with Gasteiger partial charge in [-0.3, -0.25) is 24.3 Å². The summed E-state index contributed by atoms with van der Waals surface area (Å²) in [5, 5.41) is 11.8. The van der Waals surface area contributed by atoms with Crippen LogP contribution < -0.4 is 5.32 Å². The quantitative estimate of drug-likeness (QED) is 0.711. The van der Waals surface area contributed by atoms with Crippen LogP contribution in [0.25, 0.3) is 0 Å². The van der Waals surface area contributed by atoms with Gasteiger partial charge in [-0.1, -0.05) is 0 Å². The Morgan fingerprint density at radius 3 is 2.89 bits per heavy atom. The number of rotatable bonds is 2. The van der Waals surface area contributed by atoms with Crippen LogP contribution in [0.4, 0.5) is 0 Å². The normalized spacial score (nSPS) is 19.4. The minimum Gasteiger partial charge on any atom is -0.506 e. The van der Waals surface area contributed by atoms with Crippen LogP contribution in [0, 0.1) is 0 Å². The standard InChI is InChI=1S/C12H13N3O4/c1-15-10(17)3-2-9(12(15)19)14-11(18)7-4-8(16)6-13-5-7/h4-6,9,16H,2-3H2,1H3,(H,14,18). The van der Waals surface area contributed by atoms with E-state index in [1.807, 2.05) is 0 Å². The molecule has 1 aliphatic rings. The number of carbonyl (C=O) groups excluding carboxylic acids is 3. The van der Waals surface area contributed by atoms with E-state index in [1.54, 1.807) is 0 Å². The van der Waals surface area contributed by atoms with Crippen LogP contribution in [-0.2, 0) is 9.59 Å². The van der Waals surface area contributed by atoms with Crippen LogP contribution in [0.1, 0.15) is 23.2 Å². The van der Waals surface area contributed by atoms with Gasteiger partial charge in [0, 0.05) is 19.7 Å². The summed E-state index contributed by atoms with van der Waals surface area (Å²) in [6.07, 6.45) is 2.98. The smallest absolute Gasteiger partial charge is 0.253 e. The molecule has 2 rings (SSSR count). The number of aromatic nitrogens is 1. The number of pyridine rings is 1. The number of likely N-dealkylation sites (tertiary alicyclic amines) is 1. The van der Waals surface area contributed by atoms with E-state index in [1.165, 1.54) is 25.5 Å². The van der Waals surface area contributed by atoms with Gasteiger partial charge in [0.05, 0.1) is 11.8 Å². The summed E-state index contributed by atoms with van der Waals surface area (Å²) in [7, 11) is 1.39. The van der Waals surface area contributed by atoms with Crippen molar-refractivity contribution in [2.45, 2.75) is 18.9 Å². The first-order valence-electron chi connectivity index (χ1n) is 5.74. The third-order valence-corrected chi connectivity index (χ3v) is 2.94. The first kappa shape index (κ1) is 13.0. The zero-order chi connectivity index (χ0) is 14.0. The van der Waals surface area contributed by atoms with Crippen LogP contribution in [0.15, 0.2) is 18.5 Å². The lowest BCUT2D eigenvalue weighted by atomic mass is 10.0. The minimum absolute atomic E-state index is 0.130. The van der Waals surface area contributed by atoms with Crippen molar-refractivity contribution in [1.29, 1.82) is 0 Å². The zero-order valence-corrected chi connectivity index (χ0v) is 10.3. The summed E-state index contributed by atoms with van der Waals surface area (Å²) in [5.41, 5.74) is 0.160. The molecule has 3 amide bonds. The fourth-order valence-corrected chi connectivity index (χ4v) is 1.84. The summed E-state index contributed by atoms with van der Waals surface area (Å²) in [6, 6.07) is 0.530. The first-order valence-corrected chi connectivity index (χ1v) is 5.74. The largest absolute Gasteiger partial charge is 0.506 e. The van der Waals surface area contributed by atoms with Gasteiger partial charge in [-0.05, 0) is 12.5 Å². The van der Waals surface area contributed by atoms with E-state index in [2.05, 4.69) is 10.3 Å². The maximum absolute atomic E-state index is 11.9. The van der Waals surface area contributed by atoms with Gasteiger partial charge in [0.15, 0.2) is 0 Å². The molecule has 100 valence electrons. The second-order valence-corrected chi connectivity index (χ2v) is 4.29. The number of likely N-dealkylation sites (N-methyl/N-ethyl adjacent to an activating group) is 1. The van der Waals surface area contributed by atoms with Crippen molar-refractivity contribution in [3.63, 3.8) is 0 Å². The zero-order valence-electron chi connectivity index (χ0n) is 10.3. The highest BCUT2D eigenvalue weighted by molar-refractivity contribution is 6.03. The SMILES string of the molecule is CN1C(=O)CCC(NC(=O)c2cncc(O)c2)C1=O. The molecule has 0 aromatic carbocycles. The molecule has 1 aromatic rings. The highest BCUT2D eigenvalue weighted by Crippen LogP contribution is 2.13. The number of nitrogens with one attached hydrogen (secondary N) is 1. The average Bonchev–Trinajstić information content (AvgIpc) is 2.39. The minimum atomic E-state index is -0.724. The van der Waals surface area contributed by atoms with Crippen LogP contribution >= 0.6 is 0 Å². The highest BCUT2D eigenvalue weighted by atomic mass is 16.3. The molecule has 19 heavy (non-hydrogen) atoms. The predicted octanol–water partition coefficient (Wildman–Crippen LogP) is -0.336. The lowest BCUT2D eigenvalue weighted by Gasteiger charge is -2.28. The monoisotopic (exact) mass is 263 g/mol. The Balaban J connectivity index is 2.07. The van der Waals surface area contributed by atoms with E-state index >= 15 is 0 Å². The topological polar surface area (TPSA) is 99.6 Å². The summed E-state index contributed by atoms with van der Waals surface area (Å²) >= 11 is 0. The molecule has 1 aromatic heterocycles. The second-order valence-electron chi connectivity index (χ2n) is 4.29. The Morgan fingerprint density at radius 1 is 1.47 bits per heavy atom. The maximum Gasteiger partial charge on any atom is 0.253 e. The van der Waals surface area contributed by atoms with Crippen molar-refractivity contribution in [2.75, 3.05) is 7.05 Å². The molecule has 0 aliphatic carbocycles. The number of hydrogen-bond acceptors (Lipinski definition) is 5. The van der Waals surface area contributed by atoms with Crippen LogP contribution in [-0.4, -0.2) is 45.8 Å². The molecule has 1 fully saturated rings. The van der Waals surface area contributed by atoms with E-state index in [0.29, 0.717) is 0 Å². The number of carbonyl (C=O) groups is 3. The average molecular weight is 263 g/mol. The molecule has 1 aliphatic heterocycles. The predicted molar refractivity (Wildman–Crippen MR) is 64.2 cm³/mol. The van der Waals surface area contributed by atoms with Crippen molar-refractivity contribution < 1.29 is 19.5 Å². The number of nitrogens with zero attached hydrogens (tertiary/aromatic N) is 2. The Bertz CT molecular complexity index is 544. The van der Waals surface area contributed by atoms with Gasteiger partial charge in [0.1, 0.15) is 11.8 Å². The Hall–Kier alpha value is -2.44. The lowest BCUT2D eigenvalue weighted by Crippen LogP contribution is -2.52. The van der Waals surface area contributed by atoms with E-state index < -0.39 is 17.9 Å². The van der Waals surface area contributed by atoms with Crippen LogP contribution in [0.5, 0.6) is 5.75 Å². The molecule has 1 saturated heterocycles. The Morgan fingerprint density at radius 2 is 2.21 bits per heavy atom. The molecule has 1 atom stereocenters. The third kappa shape index (κ3) is 2.70. The molecule has 2 heterocycles. The molecule has 7 nitrogen and oxygen atoms in total. The molecule has 0 bridgehead atoms. The number of hydrogen-bond donors (Lipinski definition) is 2. The molecular weight excluding hydrogens is 250 g/mol. The molecule has 2 N–H and O–H groups in total. The van der Waals surface area contributed by atoms with Gasteiger partial charge in [-0.2, -0.15) is 0 Å². The maximum atomic E-state index is 11.9. The highest BCUT2D eigenvalue weighted by Gasteiger charge is 2.32. The van der Waals surface area contributed by atoms with Crippen molar-refractivity contribution in [2.24, 2.45) is 0 Å². The summed E-state index contributed by atoms with van der Waals surface area (Å²) in [4.78, 5) is 39.7. The first-order chi connectivity index (χ1) is 8.99. The van der Waals surface area contributed by atoms with Crippen molar-refractivity contribution >= 4 is 17.7 Å². The van der Waals surface area contributed by atoms with Gasteiger partial charge >= 0.3 is 0 Å². The van der Waals surface area contributed by atoms with Gasteiger partial charge in [0.25, 0.3) is 11.8 Å². The number of imide groups is 1. The van der Waals surface area contributed by atoms with Gasteiger partial charge in [-0.25, -0.2) is 0 Å². The molecule has 7 heteroatoms. The van der Waals surface area contributed by atoms with Crippen LogP contribution in [0.2, 0.25) is 0 Å². The van der Waals surface area contributed by atoms with Crippen LogP contribution in [0.3, 0.4) is 0 Å². The Labute approximate surface area is 109 Å². The van der Waals surface area contributed by atoms with Crippen molar-refractivity contribution in [3.8, 4) is 5.75 Å². The fourth-order valence-electron chi connectivity index (χ4n) is 1.84. The molecule has 0 radical (unpaired) electrons. The number of aromatic hydroxyl groups is 1. The molecule has 0 spiro atoms. The Kier molecular flexibility index (Phi) is 3.46. The molecule has 1 unspecified atom stereocenters. The summed E-state index contributed by atoms with van der Waals surface area (Å²) < 4.78 is 0. The molecule has 0 saturated carbocycles. The van der Waals surface area contributed by atoms with Gasteiger partial charge in [-0.15, -0.1) is 0 Å². The van der Waals surface area contributed by atoms with E-state index in [4.69, 9.17) is 0 Å². The summed E-state index contributed by atoms with van der Waals surface area (Å²) in [6.45, 7) is 0. The van der Waals surface area contributed by atoms with Crippen molar-refractivity contribution in [3.05, 3.63) is 24.0 Å². The third-order valence-electron chi connectivity index (χ3n) is 2.94.